The molecular weight excluding hydrogens is 294 g/mol. The molecule has 2 N–H and O–H groups in total. The number of hydrogen-bond donors (Lipinski definition) is 2. The Morgan fingerprint density at radius 2 is 2.06 bits per heavy atom. The van der Waals surface area contributed by atoms with Crippen LogP contribution in [-0.4, -0.2) is 37.5 Å². The standard InChI is InChI=1S/C14H20BrNO2/c1-18-9-14(8-17)16-13-6-11(7-13)10-2-4-12(15)5-3-10/h2-5,11,13-14,16-17H,6-9H2,1H3. The highest BCUT2D eigenvalue weighted by Crippen LogP contribution is 2.37. The van der Waals surface area contributed by atoms with Gasteiger partial charge >= 0.3 is 0 Å². The Balaban J connectivity index is 1.78. The largest absolute Gasteiger partial charge is 0.395 e. The number of nitrogens with one attached hydrogen (secondary N) is 1. The number of ether oxygens (including phenoxy) is 1. The molecule has 4 heteroatoms. The third kappa shape index (κ3) is 3.54. The summed E-state index contributed by atoms with van der Waals surface area (Å²) in [5.74, 6) is 0.650. The lowest BCUT2D eigenvalue weighted by atomic mass is 9.75. The third-order valence-electron chi connectivity index (χ3n) is 3.54. The highest BCUT2D eigenvalue weighted by Gasteiger charge is 2.31. The van der Waals surface area contributed by atoms with Crippen LogP contribution in [0, 0.1) is 0 Å². The summed E-state index contributed by atoms with van der Waals surface area (Å²) in [6.45, 7) is 0.698. The topological polar surface area (TPSA) is 41.5 Å². The van der Waals surface area contributed by atoms with E-state index < -0.39 is 0 Å². The Morgan fingerprint density at radius 3 is 2.61 bits per heavy atom. The Bertz CT molecular complexity index is 363. The second-order valence-corrected chi connectivity index (χ2v) is 5.83. The Hall–Kier alpha value is -0.420. The van der Waals surface area contributed by atoms with Crippen molar-refractivity contribution in [1.29, 1.82) is 0 Å². The first kappa shape index (κ1) is 14.0. The van der Waals surface area contributed by atoms with E-state index in [0.717, 1.165) is 17.3 Å². The number of benzene rings is 1. The highest BCUT2D eigenvalue weighted by molar-refractivity contribution is 9.10. The van der Waals surface area contributed by atoms with Gasteiger partial charge in [0.25, 0.3) is 0 Å². The summed E-state index contributed by atoms with van der Waals surface area (Å²) in [5, 5.41) is 12.6. The number of rotatable bonds is 6. The Morgan fingerprint density at radius 1 is 1.39 bits per heavy atom. The number of aliphatic hydroxyl groups is 1. The fraction of sp³-hybridized carbons (Fsp3) is 0.571. The molecule has 1 aromatic carbocycles. The van der Waals surface area contributed by atoms with E-state index in [1.54, 1.807) is 7.11 Å². The number of halogens is 1. The van der Waals surface area contributed by atoms with E-state index in [1.807, 2.05) is 0 Å². The quantitative estimate of drug-likeness (QED) is 0.846. The molecule has 0 spiro atoms. The fourth-order valence-electron chi connectivity index (χ4n) is 2.45. The van der Waals surface area contributed by atoms with Gasteiger partial charge in [-0.05, 0) is 36.5 Å². The van der Waals surface area contributed by atoms with E-state index >= 15 is 0 Å². The van der Waals surface area contributed by atoms with Crippen molar-refractivity contribution in [3.63, 3.8) is 0 Å². The van der Waals surface area contributed by atoms with Crippen LogP contribution in [-0.2, 0) is 4.74 Å². The first-order chi connectivity index (χ1) is 8.72. The predicted molar refractivity (Wildman–Crippen MR) is 75.8 cm³/mol. The zero-order valence-electron chi connectivity index (χ0n) is 10.6. The third-order valence-corrected chi connectivity index (χ3v) is 4.07. The Labute approximate surface area is 117 Å². The van der Waals surface area contributed by atoms with E-state index in [1.165, 1.54) is 5.56 Å². The lowest BCUT2D eigenvalue weighted by molar-refractivity contribution is 0.110. The maximum absolute atomic E-state index is 9.19. The zero-order valence-corrected chi connectivity index (χ0v) is 12.2. The van der Waals surface area contributed by atoms with Crippen LogP contribution in [0.15, 0.2) is 28.7 Å². The van der Waals surface area contributed by atoms with Crippen LogP contribution in [0.4, 0.5) is 0 Å². The van der Waals surface area contributed by atoms with Crippen LogP contribution < -0.4 is 5.32 Å². The molecule has 0 heterocycles. The number of methoxy groups -OCH3 is 1. The second-order valence-electron chi connectivity index (χ2n) is 4.92. The molecule has 1 aromatic rings. The van der Waals surface area contributed by atoms with Gasteiger partial charge in [-0.1, -0.05) is 28.1 Å². The normalized spacial score (nSPS) is 24.6. The molecule has 2 rings (SSSR count). The van der Waals surface area contributed by atoms with Crippen LogP contribution >= 0.6 is 15.9 Å². The SMILES string of the molecule is COCC(CO)NC1CC(c2ccc(Br)cc2)C1. The Kier molecular flexibility index (Phi) is 5.18. The maximum Gasteiger partial charge on any atom is 0.0638 e. The van der Waals surface area contributed by atoms with E-state index in [0.29, 0.717) is 18.6 Å². The number of aliphatic hydroxyl groups excluding tert-OH is 1. The van der Waals surface area contributed by atoms with E-state index in [2.05, 4.69) is 45.5 Å². The van der Waals surface area contributed by atoms with Crippen molar-refractivity contribution in [1.82, 2.24) is 5.32 Å². The fourth-order valence-corrected chi connectivity index (χ4v) is 2.71. The van der Waals surface area contributed by atoms with Gasteiger partial charge < -0.3 is 15.2 Å². The summed E-state index contributed by atoms with van der Waals surface area (Å²) in [7, 11) is 1.66. The molecule has 3 nitrogen and oxygen atoms in total. The van der Waals surface area contributed by atoms with Crippen LogP contribution in [0.5, 0.6) is 0 Å². The van der Waals surface area contributed by atoms with E-state index in [-0.39, 0.29) is 12.6 Å². The van der Waals surface area contributed by atoms with Crippen molar-refractivity contribution >= 4 is 15.9 Å². The van der Waals surface area contributed by atoms with Crippen LogP contribution in [0.1, 0.15) is 24.3 Å². The smallest absolute Gasteiger partial charge is 0.0638 e. The van der Waals surface area contributed by atoms with Crippen molar-refractivity contribution < 1.29 is 9.84 Å². The lowest BCUT2D eigenvalue weighted by Gasteiger charge is -2.38. The summed E-state index contributed by atoms with van der Waals surface area (Å²) in [5.41, 5.74) is 1.41. The molecule has 1 saturated carbocycles. The molecule has 1 unspecified atom stereocenters. The molecule has 100 valence electrons. The predicted octanol–water partition coefficient (Wildman–Crippen LogP) is 2.29. The van der Waals surface area contributed by atoms with Crippen LogP contribution in [0.25, 0.3) is 0 Å². The molecule has 0 amide bonds. The second kappa shape index (κ2) is 6.66. The molecular formula is C14H20BrNO2. The van der Waals surface area contributed by atoms with Gasteiger partial charge in [0.05, 0.1) is 19.3 Å². The van der Waals surface area contributed by atoms with Gasteiger partial charge in [0.1, 0.15) is 0 Å². The van der Waals surface area contributed by atoms with Crippen LogP contribution in [0.3, 0.4) is 0 Å². The summed E-state index contributed by atoms with van der Waals surface area (Å²) in [6.07, 6.45) is 2.28. The monoisotopic (exact) mass is 313 g/mol. The van der Waals surface area contributed by atoms with Gasteiger partial charge in [-0.15, -0.1) is 0 Å². The minimum Gasteiger partial charge on any atom is -0.395 e. The molecule has 1 fully saturated rings. The van der Waals surface area contributed by atoms with E-state index in [4.69, 9.17) is 4.74 Å². The molecule has 0 aliphatic heterocycles. The van der Waals surface area contributed by atoms with Crippen molar-refractivity contribution in [2.24, 2.45) is 0 Å². The molecule has 18 heavy (non-hydrogen) atoms. The summed E-state index contributed by atoms with van der Waals surface area (Å²) in [6, 6.07) is 9.12. The highest BCUT2D eigenvalue weighted by atomic mass is 79.9. The average molecular weight is 314 g/mol. The first-order valence-electron chi connectivity index (χ1n) is 6.34. The zero-order chi connectivity index (χ0) is 13.0. The van der Waals surface area contributed by atoms with Crippen molar-refractivity contribution in [3.05, 3.63) is 34.3 Å². The molecule has 0 bridgehead atoms. The van der Waals surface area contributed by atoms with Gasteiger partial charge in [-0.3, -0.25) is 0 Å². The van der Waals surface area contributed by atoms with Gasteiger partial charge in [0.15, 0.2) is 0 Å². The van der Waals surface area contributed by atoms with Crippen molar-refractivity contribution in [2.75, 3.05) is 20.3 Å². The van der Waals surface area contributed by atoms with Gasteiger partial charge in [-0.2, -0.15) is 0 Å². The molecule has 1 atom stereocenters. The molecule has 0 saturated heterocycles. The molecule has 0 radical (unpaired) electrons. The van der Waals surface area contributed by atoms with Crippen molar-refractivity contribution in [2.45, 2.75) is 30.8 Å². The van der Waals surface area contributed by atoms with Crippen LogP contribution in [0.2, 0.25) is 0 Å². The summed E-state index contributed by atoms with van der Waals surface area (Å²) < 4.78 is 6.19. The minimum atomic E-state index is 0.0610. The number of hydrogen-bond acceptors (Lipinski definition) is 3. The summed E-state index contributed by atoms with van der Waals surface area (Å²) in [4.78, 5) is 0. The van der Waals surface area contributed by atoms with Gasteiger partial charge in [0, 0.05) is 17.6 Å². The van der Waals surface area contributed by atoms with Gasteiger partial charge in [0.2, 0.25) is 0 Å². The first-order valence-corrected chi connectivity index (χ1v) is 7.13. The minimum absolute atomic E-state index is 0.0610. The molecule has 1 aliphatic rings. The summed E-state index contributed by atoms with van der Waals surface area (Å²) >= 11 is 3.45. The van der Waals surface area contributed by atoms with Gasteiger partial charge in [-0.25, -0.2) is 0 Å². The van der Waals surface area contributed by atoms with E-state index in [9.17, 15) is 5.11 Å². The maximum atomic E-state index is 9.19. The average Bonchev–Trinajstić information content (AvgIpc) is 2.33. The lowest BCUT2D eigenvalue weighted by Crippen LogP contribution is -2.48. The molecule has 0 aromatic heterocycles. The van der Waals surface area contributed by atoms with Crippen molar-refractivity contribution in [3.8, 4) is 0 Å². The molecule has 1 aliphatic carbocycles.